The molecule has 1 saturated heterocycles. The molecule has 3 nitrogen and oxygen atoms in total. The zero-order valence-corrected chi connectivity index (χ0v) is 12.6. The monoisotopic (exact) mass is 316 g/mol. The molecule has 1 fully saturated rings. The Hall–Kier alpha value is -0.840. The summed E-state index contributed by atoms with van der Waals surface area (Å²) in [5, 5.41) is 0.0929. The molecule has 0 bridgehead atoms. The summed E-state index contributed by atoms with van der Waals surface area (Å²) in [5.74, 6) is 0.907. The van der Waals surface area contributed by atoms with E-state index in [1.54, 1.807) is 6.07 Å². The predicted molar refractivity (Wildman–Crippen MR) is 78.2 cm³/mol. The molecule has 2 aromatic rings. The normalized spacial score (nSPS) is 22.8. The largest absolute Gasteiger partial charge is 0.376 e. The lowest BCUT2D eigenvalue weighted by atomic mass is 10.1. The SMILES string of the molecule is CC1OCCC1n1c(CCCl)nc2cc(Cl)c(F)cc21. The van der Waals surface area contributed by atoms with E-state index in [4.69, 9.17) is 27.9 Å². The van der Waals surface area contributed by atoms with E-state index in [0.29, 0.717) is 24.4 Å². The van der Waals surface area contributed by atoms with Gasteiger partial charge in [0.1, 0.15) is 11.6 Å². The third-order valence-electron chi connectivity index (χ3n) is 3.79. The number of ether oxygens (including phenoxy) is 1. The van der Waals surface area contributed by atoms with E-state index in [-0.39, 0.29) is 17.2 Å². The lowest BCUT2D eigenvalue weighted by Crippen LogP contribution is -2.19. The van der Waals surface area contributed by atoms with Crippen molar-refractivity contribution in [2.75, 3.05) is 12.5 Å². The quantitative estimate of drug-likeness (QED) is 0.801. The molecule has 0 N–H and O–H groups in total. The van der Waals surface area contributed by atoms with Crippen LogP contribution in [0.25, 0.3) is 11.0 Å². The molecule has 0 amide bonds. The van der Waals surface area contributed by atoms with Gasteiger partial charge in [0, 0.05) is 25.0 Å². The Balaban J connectivity index is 2.20. The third-order valence-corrected chi connectivity index (χ3v) is 4.27. The van der Waals surface area contributed by atoms with Crippen LogP contribution >= 0.6 is 23.2 Å². The van der Waals surface area contributed by atoms with Gasteiger partial charge in [-0.2, -0.15) is 0 Å². The van der Waals surface area contributed by atoms with Gasteiger partial charge in [0.2, 0.25) is 0 Å². The minimum Gasteiger partial charge on any atom is -0.376 e. The number of aromatic nitrogens is 2. The molecule has 6 heteroatoms. The zero-order valence-electron chi connectivity index (χ0n) is 11.1. The Bertz CT molecular complexity index is 644. The summed E-state index contributed by atoms with van der Waals surface area (Å²) in [5.41, 5.74) is 1.46. The fourth-order valence-corrected chi connectivity index (χ4v) is 3.16. The van der Waals surface area contributed by atoms with Crippen LogP contribution in [0.2, 0.25) is 5.02 Å². The number of aryl methyl sites for hydroxylation is 1. The summed E-state index contributed by atoms with van der Waals surface area (Å²) in [6.45, 7) is 2.74. The third kappa shape index (κ3) is 2.30. The molecule has 1 aliphatic rings. The molecule has 1 aliphatic heterocycles. The first-order chi connectivity index (χ1) is 9.61. The topological polar surface area (TPSA) is 27.1 Å². The maximum Gasteiger partial charge on any atom is 0.144 e. The van der Waals surface area contributed by atoms with E-state index < -0.39 is 5.82 Å². The van der Waals surface area contributed by atoms with E-state index in [9.17, 15) is 4.39 Å². The lowest BCUT2D eigenvalue weighted by Gasteiger charge is -2.19. The fraction of sp³-hybridized carbons (Fsp3) is 0.500. The van der Waals surface area contributed by atoms with Crippen molar-refractivity contribution in [3.05, 3.63) is 28.8 Å². The van der Waals surface area contributed by atoms with Crippen LogP contribution in [0.15, 0.2) is 12.1 Å². The van der Waals surface area contributed by atoms with Crippen molar-refractivity contribution in [3.8, 4) is 0 Å². The van der Waals surface area contributed by atoms with Gasteiger partial charge in [-0.15, -0.1) is 11.6 Å². The number of rotatable bonds is 3. The minimum absolute atomic E-state index is 0.0835. The van der Waals surface area contributed by atoms with Crippen molar-refractivity contribution < 1.29 is 9.13 Å². The highest BCUT2D eigenvalue weighted by Crippen LogP contribution is 2.33. The fourth-order valence-electron chi connectivity index (χ4n) is 2.83. The van der Waals surface area contributed by atoms with Gasteiger partial charge < -0.3 is 9.30 Å². The van der Waals surface area contributed by atoms with Crippen LogP contribution in [-0.2, 0) is 11.2 Å². The van der Waals surface area contributed by atoms with Gasteiger partial charge >= 0.3 is 0 Å². The first-order valence-corrected chi connectivity index (χ1v) is 7.56. The van der Waals surface area contributed by atoms with Gasteiger partial charge in [0.25, 0.3) is 0 Å². The number of nitrogens with zero attached hydrogens (tertiary/aromatic N) is 2. The minimum atomic E-state index is -0.427. The molecular weight excluding hydrogens is 302 g/mol. The molecule has 108 valence electrons. The van der Waals surface area contributed by atoms with Crippen LogP contribution in [0.5, 0.6) is 0 Å². The average Bonchev–Trinajstić information content (AvgIpc) is 2.94. The second-order valence-corrected chi connectivity index (χ2v) is 5.81. The maximum absolute atomic E-state index is 13.8. The van der Waals surface area contributed by atoms with Crippen LogP contribution in [0, 0.1) is 5.82 Å². The molecule has 0 spiro atoms. The first kappa shape index (κ1) is 14.1. The van der Waals surface area contributed by atoms with Crippen molar-refractivity contribution in [2.24, 2.45) is 0 Å². The Morgan fingerprint density at radius 3 is 2.95 bits per heavy atom. The Morgan fingerprint density at radius 2 is 2.30 bits per heavy atom. The molecule has 20 heavy (non-hydrogen) atoms. The van der Waals surface area contributed by atoms with Gasteiger partial charge in [-0.05, 0) is 19.4 Å². The number of alkyl halides is 1. The molecular formula is C14H15Cl2FN2O. The maximum atomic E-state index is 13.8. The number of halogens is 3. The van der Waals surface area contributed by atoms with Gasteiger partial charge in [-0.3, -0.25) is 0 Å². The van der Waals surface area contributed by atoms with E-state index in [1.165, 1.54) is 6.07 Å². The number of hydrogen-bond acceptors (Lipinski definition) is 2. The molecule has 1 aromatic carbocycles. The second-order valence-electron chi connectivity index (χ2n) is 5.02. The summed E-state index contributed by atoms with van der Waals surface area (Å²) < 4.78 is 21.5. The van der Waals surface area contributed by atoms with Gasteiger partial charge in [0.15, 0.2) is 0 Å². The summed E-state index contributed by atoms with van der Waals surface area (Å²) in [6.07, 6.45) is 1.62. The number of benzene rings is 1. The summed E-state index contributed by atoms with van der Waals surface area (Å²) >= 11 is 11.7. The van der Waals surface area contributed by atoms with Crippen molar-refractivity contribution in [3.63, 3.8) is 0 Å². The lowest BCUT2D eigenvalue weighted by molar-refractivity contribution is 0.108. The van der Waals surface area contributed by atoms with E-state index in [1.807, 2.05) is 6.92 Å². The predicted octanol–water partition coefficient (Wildman–Crippen LogP) is 3.96. The first-order valence-electron chi connectivity index (χ1n) is 6.65. The van der Waals surface area contributed by atoms with Crippen LogP contribution in [0.4, 0.5) is 4.39 Å². The number of fused-ring (bicyclic) bond motifs is 1. The van der Waals surface area contributed by atoms with E-state index >= 15 is 0 Å². The number of hydrogen-bond donors (Lipinski definition) is 0. The summed E-state index contributed by atoms with van der Waals surface area (Å²) in [6, 6.07) is 3.19. The highest BCUT2D eigenvalue weighted by molar-refractivity contribution is 6.31. The van der Waals surface area contributed by atoms with Gasteiger partial charge in [-0.1, -0.05) is 11.6 Å². The van der Waals surface area contributed by atoms with Gasteiger partial charge in [-0.25, -0.2) is 9.37 Å². The molecule has 0 radical (unpaired) electrons. The zero-order chi connectivity index (χ0) is 14.3. The average molecular weight is 317 g/mol. The molecule has 0 aliphatic carbocycles. The second kappa shape index (κ2) is 5.51. The van der Waals surface area contributed by atoms with Crippen molar-refractivity contribution in [1.29, 1.82) is 0 Å². The highest BCUT2D eigenvalue weighted by atomic mass is 35.5. The van der Waals surface area contributed by atoms with Crippen molar-refractivity contribution in [1.82, 2.24) is 9.55 Å². The molecule has 2 atom stereocenters. The summed E-state index contributed by atoms with van der Waals surface area (Å²) in [4.78, 5) is 4.56. The summed E-state index contributed by atoms with van der Waals surface area (Å²) in [7, 11) is 0. The van der Waals surface area contributed by atoms with Crippen molar-refractivity contribution >= 4 is 34.2 Å². The number of imidazole rings is 1. The molecule has 2 unspecified atom stereocenters. The Morgan fingerprint density at radius 1 is 1.50 bits per heavy atom. The van der Waals surface area contributed by atoms with Crippen LogP contribution < -0.4 is 0 Å². The highest BCUT2D eigenvalue weighted by Gasteiger charge is 2.29. The van der Waals surface area contributed by atoms with Crippen molar-refractivity contribution in [2.45, 2.75) is 31.9 Å². The van der Waals surface area contributed by atoms with Gasteiger partial charge in [0.05, 0.1) is 28.2 Å². The van der Waals surface area contributed by atoms with E-state index in [2.05, 4.69) is 9.55 Å². The Kier molecular flexibility index (Phi) is 3.89. The molecule has 0 saturated carbocycles. The molecule has 1 aromatic heterocycles. The standard InChI is InChI=1S/C14H15Cl2FN2O/c1-8-12(3-5-20-8)19-13-7-10(17)9(16)6-11(13)18-14(19)2-4-15/h6-8,12H,2-5H2,1H3. The molecule has 2 heterocycles. The molecule has 3 rings (SSSR count). The van der Waals surface area contributed by atoms with Crippen LogP contribution in [0.1, 0.15) is 25.2 Å². The smallest absolute Gasteiger partial charge is 0.144 e. The Labute approximate surface area is 126 Å². The van der Waals surface area contributed by atoms with Crippen LogP contribution in [0.3, 0.4) is 0 Å². The van der Waals surface area contributed by atoms with E-state index in [0.717, 1.165) is 17.8 Å². The van der Waals surface area contributed by atoms with Crippen LogP contribution in [-0.4, -0.2) is 28.1 Å².